The Labute approximate surface area is 93.2 Å². The van der Waals surface area contributed by atoms with Gasteiger partial charge < -0.3 is 16.4 Å². The Balaban J connectivity index is 2.75. The predicted octanol–water partition coefficient (Wildman–Crippen LogP) is 1.30. The third-order valence-electron chi connectivity index (χ3n) is 1.99. The second-order valence-electron chi connectivity index (χ2n) is 3.13. The smallest absolute Gasteiger partial charge is 0.257 e. The van der Waals surface area contributed by atoms with Crippen molar-refractivity contribution in [3.05, 3.63) is 5.56 Å². The quantitative estimate of drug-likeness (QED) is 0.664. The molecule has 0 unspecified atom stereocenters. The number of amides is 1. The van der Waals surface area contributed by atoms with Crippen molar-refractivity contribution >= 4 is 28.3 Å². The van der Waals surface area contributed by atoms with Crippen molar-refractivity contribution in [1.82, 2.24) is 9.69 Å². The lowest BCUT2D eigenvalue weighted by Gasteiger charge is -2.04. The van der Waals surface area contributed by atoms with E-state index in [9.17, 15) is 4.79 Å². The fourth-order valence-electron chi connectivity index (χ4n) is 1.15. The molecule has 1 heterocycles. The van der Waals surface area contributed by atoms with Crippen LogP contribution < -0.4 is 16.4 Å². The van der Waals surface area contributed by atoms with Gasteiger partial charge in [-0.3, -0.25) is 4.79 Å². The Bertz CT molecular complexity index is 337. The van der Waals surface area contributed by atoms with Crippen LogP contribution in [0.2, 0.25) is 0 Å². The van der Waals surface area contributed by atoms with Crippen molar-refractivity contribution < 1.29 is 4.79 Å². The van der Waals surface area contributed by atoms with Crippen LogP contribution in [-0.2, 0) is 0 Å². The zero-order valence-electron chi connectivity index (χ0n) is 8.96. The highest BCUT2D eigenvalue weighted by molar-refractivity contribution is 7.11. The van der Waals surface area contributed by atoms with E-state index in [0.29, 0.717) is 11.4 Å². The van der Waals surface area contributed by atoms with Crippen LogP contribution >= 0.6 is 11.5 Å². The molecule has 0 aromatic carbocycles. The molecule has 0 fully saturated rings. The van der Waals surface area contributed by atoms with Crippen molar-refractivity contribution in [2.24, 2.45) is 0 Å². The fourth-order valence-corrected chi connectivity index (χ4v) is 1.88. The molecular weight excluding hydrogens is 212 g/mol. The summed E-state index contributed by atoms with van der Waals surface area (Å²) in [6, 6.07) is 0. The number of nitrogens with two attached hydrogens (primary N) is 1. The van der Waals surface area contributed by atoms with Gasteiger partial charge >= 0.3 is 0 Å². The molecule has 0 saturated carbocycles. The molecule has 0 aliphatic carbocycles. The molecule has 0 radical (unpaired) electrons. The van der Waals surface area contributed by atoms with Gasteiger partial charge in [-0.1, -0.05) is 13.3 Å². The first kappa shape index (κ1) is 11.8. The summed E-state index contributed by atoms with van der Waals surface area (Å²) in [5, 5.41) is 6.46. The molecule has 5 nitrogen and oxygen atoms in total. The summed E-state index contributed by atoms with van der Waals surface area (Å²) in [6.07, 6.45) is 2.17. The van der Waals surface area contributed by atoms with Crippen LogP contribution in [0.1, 0.15) is 30.1 Å². The van der Waals surface area contributed by atoms with Crippen molar-refractivity contribution in [2.45, 2.75) is 19.8 Å². The van der Waals surface area contributed by atoms with E-state index >= 15 is 0 Å². The lowest BCUT2D eigenvalue weighted by atomic mass is 10.3. The highest BCUT2D eigenvalue weighted by Crippen LogP contribution is 2.26. The van der Waals surface area contributed by atoms with Gasteiger partial charge in [0.05, 0.1) is 0 Å². The third-order valence-corrected chi connectivity index (χ3v) is 2.81. The minimum Gasteiger partial charge on any atom is -0.382 e. The SMILES string of the molecule is CCCCNc1snc(N)c1C(=O)NC. The molecule has 6 heteroatoms. The van der Waals surface area contributed by atoms with Crippen LogP contribution in [0, 0.1) is 0 Å². The maximum absolute atomic E-state index is 11.5. The molecular formula is C9H16N4OS. The summed E-state index contributed by atoms with van der Waals surface area (Å²) < 4.78 is 3.96. The van der Waals surface area contributed by atoms with Crippen LogP contribution in [0.25, 0.3) is 0 Å². The first-order valence-electron chi connectivity index (χ1n) is 4.91. The van der Waals surface area contributed by atoms with E-state index in [1.807, 2.05) is 0 Å². The molecule has 1 aromatic rings. The van der Waals surface area contributed by atoms with E-state index in [1.165, 1.54) is 11.5 Å². The van der Waals surface area contributed by atoms with Crippen molar-refractivity contribution in [1.29, 1.82) is 0 Å². The number of nitrogens with zero attached hydrogens (tertiary/aromatic N) is 1. The number of anilines is 2. The molecule has 15 heavy (non-hydrogen) atoms. The molecule has 0 aliphatic heterocycles. The molecule has 84 valence electrons. The van der Waals surface area contributed by atoms with Crippen LogP contribution in [0.5, 0.6) is 0 Å². The molecule has 0 saturated heterocycles. The highest BCUT2D eigenvalue weighted by Gasteiger charge is 2.17. The second-order valence-corrected chi connectivity index (χ2v) is 3.90. The monoisotopic (exact) mass is 228 g/mol. The molecule has 1 rings (SSSR count). The number of aromatic nitrogens is 1. The van der Waals surface area contributed by atoms with Gasteiger partial charge in [0.1, 0.15) is 10.6 Å². The van der Waals surface area contributed by atoms with Crippen LogP contribution in [0.3, 0.4) is 0 Å². The maximum Gasteiger partial charge on any atom is 0.257 e. The first-order valence-corrected chi connectivity index (χ1v) is 5.69. The average Bonchev–Trinajstić information content (AvgIpc) is 2.59. The Hall–Kier alpha value is -1.30. The summed E-state index contributed by atoms with van der Waals surface area (Å²) in [6.45, 7) is 2.95. The Kier molecular flexibility index (Phi) is 4.36. The van der Waals surface area contributed by atoms with E-state index in [2.05, 4.69) is 21.9 Å². The Morgan fingerprint density at radius 1 is 1.60 bits per heavy atom. The largest absolute Gasteiger partial charge is 0.382 e. The molecule has 0 spiro atoms. The number of nitrogen functional groups attached to an aromatic ring is 1. The normalized spacial score (nSPS) is 10.0. The number of nitrogens with one attached hydrogen (secondary N) is 2. The zero-order valence-corrected chi connectivity index (χ0v) is 9.78. The third kappa shape index (κ3) is 2.82. The van der Waals surface area contributed by atoms with Crippen molar-refractivity contribution in [3.63, 3.8) is 0 Å². The lowest BCUT2D eigenvalue weighted by molar-refractivity contribution is 0.0965. The standard InChI is InChI=1S/C9H16N4OS/c1-3-4-5-12-9-6(8(14)11-2)7(10)13-15-9/h12H,3-5H2,1-2H3,(H2,10,13)(H,11,14). The minimum atomic E-state index is -0.194. The Morgan fingerprint density at radius 3 is 2.93 bits per heavy atom. The van der Waals surface area contributed by atoms with Gasteiger partial charge in [0, 0.05) is 13.6 Å². The molecule has 0 bridgehead atoms. The zero-order chi connectivity index (χ0) is 11.3. The maximum atomic E-state index is 11.5. The Morgan fingerprint density at radius 2 is 2.33 bits per heavy atom. The van der Waals surface area contributed by atoms with Gasteiger partial charge in [0.15, 0.2) is 5.82 Å². The summed E-state index contributed by atoms with van der Waals surface area (Å²) >= 11 is 1.22. The average molecular weight is 228 g/mol. The van der Waals surface area contributed by atoms with Crippen LogP contribution in [0.15, 0.2) is 0 Å². The number of hydrogen-bond acceptors (Lipinski definition) is 5. The van der Waals surface area contributed by atoms with Gasteiger partial charge in [-0.2, -0.15) is 4.37 Å². The van der Waals surface area contributed by atoms with E-state index in [1.54, 1.807) is 7.05 Å². The first-order chi connectivity index (χ1) is 7.20. The van der Waals surface area contributed by atoms with Gasteiger partial charge in [-0.25, -0.2) is 0 Å². The number of carbonyl (C=O) groups excluding carboxylic acids is 1. The summed E-state index contributed by atoms with van der Waals surface area (Å²) in [7, 11) is 1.58. The second kappa shape index (κ2) is 5.55. The van der Waals surface area contributed by atoms with Crippen molar-refractivity contribution in [2.75, 3.05) is 24.6 Å². The summed E-state index contributed by atoms with van der Waals surface area (Å²) in [4.78, 5) is 11.5. The summed E-state index contributed by atoms with van der Waals surface area (Å²) in [5.41, 5.74) is 6.08. The number of carbonyl (C=O) groups is 1. The summed E-state index contributed by atoms with van der Waals surface area (Å²) in [5.74, 6) is 0.0959. The number of rotatable bonds is 5. The predicted molar refractivity (Wildman–Crippen MR) is 63.3 cm³/mol. The molecule has 1 aromatic heterocycles. The molecule has 0 atom stereocenters. The van der Waals surface area contributed by atoms with Gasteiger partial charge in [0.25, 0.3) is 5.91 Å². The van der Waals surface area contributed by atoms with Crippen molar-refractivity contribution in [3.8, 4) is 0 Å². The van der Waals surface area contributed by atoms with Crippen LogP contribution in [0.4, 0.5) is 10.8 Å². The minimum absolute atomic E-state index is 0.194. The number of unbranched alkanes of at least 4 members (excludes halogenated alkanes) is 1. The van der Waals surface area contributed by atoms with Gasteiger partial charge in [-0.15, -0.1) is 0 Å². The highest BCUT2D eigenvalue weighted by atomic mass is 32.1. The number of hydrogen-bond donors (Lipinski definition) is 3. The fraction of sp³-hybridized carbons (Fsp3) is 0.556. The van der Waals surface area contributed by atoms with Crippen LogP contribution in [-0.4, -0.2) is 23.9 Å². The van der Waals surface area contributed by atoms with E-state index < -0.39 is 0 Å². The van der Waals surface area contributed by atoms with Gasteiger partial charge in [0.2, 0.25) is 0 Å². The molecule has 1 amide bonds. The topological polar surface area (TPSA) is 80.0 Å². The molecule has 4 N–H and O–H groups in total. The van der Waals surface area contributed by atoms with E-state index in [0.717, 1.165) is 24.4 Å². The van der Waals surface area contributed by atoms with E-state index in [4.69, 9.17) is 5.73 Å². The van der Waals surface area contributed by atoms with E-state index in [-0.39, 0.29) is 5.91 Å². The lowest BCUT2D eigenvalue weighted by Crippen LogP contribution is -2.20. The molecule has 0 aliphatic rings. The van der Waals surface area contributed by atoms with Gasteiger partial charge in [-0.05, 0) is 18.0 Å².